The van der Waals surface area contributed by atoms with Gasteiger partial charge in [-0.1, -0.05) is 6.07 Å². The van der Waals surface area contributed by atoms with Crippen LogP contribution >= 0.6 is 11.6 Å². The smallest absolute Gasteiger partial charge is 0.260 e. The van der Waals surface area contributed by atoms with Gasteiger partial charge >= 0.3 is 0 Å². The molecule has 1 heterocycles. The van der Waals surface area contributed by atoms with E-state index in [1.54, 1.807) is 18.2 Å². The highest BCUT2D eigenvalue weighted by Gasteiger charge is 2.08. The highest BCUT2D eigenvalue weighted by Crippen LogP contribution is 2.23. The molecule has 0 bridgehead atoms. The van der Waals surface area contributed by atoms with Gasteiger partial charge < -0.3 is 4.74 Å². The van der Waals surface area contributed by atoms with Crippen molar-refractivity contribution in [3.05, 3.63) is 47.1 Å². The molecule has 6 heteroatoms. The number of aromatic nitrogens is 2. The van der Waals surface area contributed by atoms with Crippen LogP contribution in [0.25, 0.3) is 0 Å². The summed E-state index contributed by atoms with van der Waals surface area (Å²) in [6.45, 7) is 0. The Hall–Kier alpha value is -2.19. The zero-order valence-electron chi connectivity index (χ0n) is 8.39. The van der Waals surface area contributed by atoms with Crippen LogP contribution in [0.15, 0.2) is 30.5 Å². The Morgan fingerprint density at radius 1 is 1.41 bits per heavy atom. The van der Waals surface area contributed by atoms with E-state index in [1.165, 1.54) is 6.07 Å². The lowest BCUT2D eigenvalue weighted by atomic mass is 10.2. The summed E-state index contributed by atoms with van der Waals surface area (Å²) in [4.78, 5) is 7.06. The second kappa shape index (κ2) is 4.76. The molecule has 0 spiro atoms. The van der Waals surface area contributed by atoms with Crippen LogP contribution in [-0.2, 0) is 0 Å². The zero-order chi connectivity index (χ0) is 12.3. The van der Waals surface area contributed by atoms with Crippen molar-refractivity contribution >= 4 is 11.6 Å². The lowest BCUT2D eigenvalue weighted by Gasteiger charge is -2.05. The molecule has 0 N–H and O–H groups in total. The average Bonchev–Trinajstić information content (AvgIpc) is 2.34. The van der Waals surface area contributed by atoms with Gasteiger partial charge in [-0.05, 0) is 29.8 Å². The van der Waals surface area contributed by atoms with Gasteiger partial charge in [0.2, 0.25) is 11.1 Å². The molecule has 0 aliphatic carbocycles. The number of rotatable bonds is 2. The molecule has 0 aliphatic rings. The summed E-state index contributed by atoms with van der Waals surface area (Å²) in [5.74, 6) is -0.699. The SMILES string of the molecule is N#Cc1cccc(Oc2nc(Cl)ncc2F)c1. The molecule has 2 aromatic rings. The number of hydrogen-bond donors (Lipinski definition) is 0. The molecular weight excluding hydrogens is 245 g/mol. The molecule has 17 heavy (non-hydrogen) atoms. The van der Waals surface area contributed by atoms with Crippen LogP contribution in [0.2, 0.25) is 5.28 Å². The van der Waals surface area contributed by atoms with Crippen LogP contribution in [0, 0.1) is 17.1 Å². The van der Waals surface area contributed by atoms with Gasteiger partial charge in [0.15, 0.2) is 0 Å². The van der Waals surface area contributed by atoms with E-state index in [0.29, 0.717) is 11.3 Å². The van der Waals surface area contributed by atoms with Crippen LogP contribution in [0.4, 0.5) is 4.39 Å². The fourth-order valence-electron chi connectivity index (χ4n) is 1.14. The summed E-state index contributed by atoms with van der Waals surface area (Å²) >= 11 is 5.52. The fraction of sp³-hybridized carbons (Fsp3) is 0. The molecule has 84 valence electrons. The highest BCUT2D eigenvalue weighted by atomic mass is 35.5. The minimum absolute atomic E-state index is 0.113. The molecule has 2 rings (SSSR count). The number of benzene rings is 1. The van der Waals surface area contributed by atoms with Crippen molar-refractivity contribution in [1.29, 1.82) is 5.26 Å². The summed E-state index contributed by atoms with van der Waals surface area (Å²) in [5, 5.41) is 8.59. The van der Waals surface area contributed by atoms with Crippen molar-refractivity contribution in [3.63, 3.8) is 0 Å². The summed E-state index contributed by atoms with van der Waals surface area (Å²) < 4.78 is 18.4. The number of halogens is 2. The molecule has 0 atom stereocenters. The normalized spacial score (nSPS) is 9.71. The molecule has 0 fully saturated rings. The molecule has 0 saturated heterocycles. The van der Waals surface area contributed by atoms with Gasteiger partial charge in [0.25, 0.3) is 5.88 Å². The molecule has 0 unspecified atom stereocenters. The van der Waals surface area contributed by atoms with Gasteiger partial charge in [-0.2, -0.15) is 14.6 Å². The predicted octanol–water partition coefficient (Wildman–Crippen LogP) is 2.93. The van der Waals surface area contributed by atoms with Crippen molar-refractivity contribution in [2.24, 2.45) is 0 Å². The molecule has 0 radical (unpaired) electrons. The number of nitriles is 1. The number of nitrogens with zero attached hydrogens (tertiary/aromatic N) is 3. The third-order valence-electron chi connectivity index (χ3n) is 1.86. The van der Waals surface area contributed by atoms with Crippen LogP contribution < -0.4 is 4.74 Å². The number of hydrogen-bond acceptors (Lipinski definition) is 4. The Balaban J connectivity index is 2.31. The lowest BCUT2D eigenvalue weighted by Crippen LogP contribution is -1.94. The summed E-state index contributed by atoms with van der Waals surface area (Å²) in [6.07, 6.45) is 0.915. The molecule has 4 nitrogen and oxygen atoms in total. The van der Waals surface area contributed by atoms with E-state index in [0.717, 1.165) is 6.20 Å². The number of ether oxygens (including phenoxy) is 1. The van der Waals surface area contributed by atoms with Gasteiger partial charge in [0, 0.05) is 0 Å². The highest BCUT2D eigenvalue weighted by molar-refractivity contribution is 6.28. The van der Waals surface area contributed by atoms with Gasteiger partial charge in [-0.15, -0.1) is 0 Å². The van der Waals surface area contributed by atoms with E-state index in [1.807, 2.05) is 6.07 Å². The zero-order valence-corrected chi connectivity index (χ0v) is 9.15. The van der Waals surface area contributed by atoms with Crippen molar-refractivity contribution in [2.45, 2.75) is 0 Å². The van der Waals surface area contributed by atoms with E-state index in [-0.39, 0.29) is 11.2 Å². The maximum Gasteiger partial charge on any atom is 0.260 e. The lowest BCUT2D eigenvalue weighted by molar-refractivity contribution is 0.419. The van der Waals surface area contributed by atoms with Gasteiger partial charge in [0.1, 0.15) is 5.75 Å². The third-order valence-corrected chi connectivity index (χ3v) is 2.04. The Morgan fingerprint density at radius 2 is 2.24 bits per heavy atom. The predicted molar refractivity (Wildman–Crippen MR) is 58.2 cm³/mol. The third kappa shape index (κ3) is 2.68. The molecule has 1 aromatic carbocycles. The summed E-state index contributed by atoms with van der Waals surface area (Å²) in [6, 6.07) is 8.22. The van der Waals surface area contributed by atoms with Crippen molar-refractivity contribution < 1.29 is 9.13 Å². The first-order chi connectivity index (χ1) is 8.19. The second-order valence-corrected chi connectivity index (χ2v) is 3.37. The van der Waals surface area contributed by atoms with E-state index in [4.69, 9.17) is 21.6 Å². The van der Waals surface area contributed by atoms with Crippen LogP contribution in [0.5, 0.6) is 11.6 Å². The van der Waals surface area contributed by atoms with Crippen LogP contribution in [0.3, 0.4) is 0 Å². The van der Waals surface area contributed by atoms with E-state index in [9.17, 15) is 4.39 Å². The maximum absolute atomic E-state index is 13.3. The Kier molecular flexibility index (Phi) is 3.17. The van der Waals surface area contributed by atoms with E-state index >= 15 is 0 Å². The van der Waals surface area contributed by atoms with Crippen molar-refractivity contribution in [1.82, 2.24) is 9.97 Å². The topological polar surface area (TPSA) is 58.8 Å². The van der Waals surface area contributed by atoms with Crippen molar-refractivity contribution in [3.8, 4) is 17.7 Å². The molecule has 1 aromatic heterocycles. The minimum Gasteiger partial charge on any atom is -0.436 e. The van der Waals surface area contributed by atoms with Crippen molar-refractivity contribution in [2.75, 3.05) is 0 Å². The van der Waals surface area contributed by atoms with E-state index < -0.39 is 5.82 Å². The monoisotopic (exact) mass is 249 g/mol. The standard InChI is InChI=1S/C11H5ClFN3O/c12-11-15-6-9(13)10(16-11)17-8-3-1-2-7(4-8)5-14/h1-4,6H. The van der Waals surface area contributed by atoms with Gasteiger partial charge in [0.05, 0.1) is 17.8 Å². The molecule has 0 aliphatic heterocycles. The maximum atomic E-state index is 13.3. The van der Waals surface area contributed by atoms with Crippen LogP contribution in [-0.4, -0.2) is 9.97 Å². The summed E-state index contributed by atoms with van der Waals surface area (Å²) in [7, 11) is 0. The minimum atomic E-state index is -0.725. The molecule has 0 amide bonds. The van der Waals surface area contributed by atoms with Gasteiger partial charge in [-0.3, -0.25) is 0 Å². The quantitative estimate of drug-likeness (QED) is 0.768. The molecular formula is C11H5ClFN3O. The Morgan fingerprint density at radius 3 is 3.00 bits per heavy atom. The largest absolute Gasteiger partial charge is 0.436 e. The first kappa shape index (κ1) is 11.3. The first-order valence-corrected chi connectivity index (χ1v) is 4.93. The van der Waals surface area contributed by atoms with Crippen LogP contribution in [0.1, 0.15) is 5.56 Å². The van der Waals surface area contributed by atoms with E-state index in [2.05, 4.69) is 9.97 Å². The summed E-state index contributed by atoms with van der Waals surface area (Å²) in [5.41, 5.74) is 0.406. The van der Waals surface area contributed by atoms with Gasteiger partial charge in [-0.25, -0.2) is 4.98 Å². The Labute approximate surface area is 101 Å². The fourth-order valence-corrected chi connectivity index (χ4v) is 1.27. The first-order valence-electron chi connectivity index (χ1n) is 4.55. The molecule has 0 saturated carbocycles. The second-order valence-electron chi connectivity index (χ2n) is 3.03. The average molecular weight is 250 g/mol. The Bertz CT molecular complexity index is 598.